The topological polar surface area (TPSA) is 103 Å². The molecule has 0 spiro atoms. The van der Waals surface area contributed by atoms with Crippen LogP contribution < -0.4 is 24.2 Å². The molecule has 0 saturated heterocycles. The number of methoxy groups -OCH3 is 3. The molecule has 0 saturated carbocycles. The van der Waals surface area contributed by atoms with Crippen LogP contribution in [-0.2, 0) is 10.0 Å². The van der Waals surface area contributed by atoms with Crippen molar-refractivity contribution in [2.24, 2.45) is 0 Å². The smallest absolute Gasteiger partial charge is 0.262 e. The summed E-state index contributed by atoms with van der Waals surface area (Å²) in [4.78, 5) is 12.3. The number of hydrogen-bond donors (Lipinski definition) is 2. The van der Waals surface area contributed by atoms with Crippen molar-refractivity contribution in [1.82, 2.24) is 5.32 Å². The second kappa shape index (κ2) is 9.23. The van der Waals surface area contributed by atoms with E-state index in [0.29, 0.717) is 0 Å². The first-order valence-corrected chi connectivity index (χ1v) is 10.4. The first kappa shape index (κ1) is 22.6. The number of sulfonamides is 1. The molecule has 0 unspecified atom stereocenters. The van der Waals surface area contributed by atoms with Gasteiger partial charge < -0.3 is 19.5 Å². The Labute approximate surface area is 175 Å². The van der Waals surface area contributed by atoms with E-state index in [1.54, 1.807) is 13.8 Å². The van der Waals surface area contributed by atoms with Crippen molar-refractivity contribution in [3.05, 3.63) is 40.9 Å². The molecule has 0 aliphatic rings. The van der Waals surface area contributed by atoms with E-state index in [1.807, 2.05) is 0 Å². The van der Waals surface area contributed by atoms with Gasteiger partial charge in [-0.25, -0.2) is 8.42 Å². The highest BCUT2D eigenvalue weighted by molar-refractivity contribution is 7.92. The molecule has 0 aromatic heterocycles. The predicted molar refractivity (Wildman–Crippen MR) is 111 cm³/mol. The monoisotopic (exact) mass is 442 g/mol. The van der Waals surface area contributed by atoms with Crippen LogP contribution >= 0.6 is 11.6 Å². The van der Waals surface area contributed by atoms with Crippen molar-refractivity contribution in [1.29, 1.82) is 0 Å². The molecule has 1 amide bonds. The van der Waals surface area contributed by atoms with Crippen LogP contribution in [0.3, 0.4) is 0 Å². The maximum atomic E-state index is 12.9. The zero-order valence-corrected chi connectivity index (χ0v) is 18.3. The summed E-state index contributed by atoms with van der Waals surface area (Å²) >= 11 is 6.06. The normalized spacial score (nSPS) is 11.1. The van der Waals surface area contributed by atoms with Gasteiger partial charge in [0, 0.05) is 18.2 Å². The Kier molecular flexibility index (Phi) is 7.21. The van der Waals surface area contributed by atoms with Gasteiger partial charge in [-0.2, -0.15) is 0 Å². The Morgan fingerprint density at radius 1 is 0.966 bits per heavy atom. The van der Waals surface area contributed by atoms with Gasteiger partial charge in [-0.15, -0.1) is 0 Å². The molecule has 0 atom stereocenters. The maximum Gasteiger partial charge on any atom is 0.262 e. The summed E-state index contributed by atoms with van der Waals surface area (Å²) in [5.41, 5.74) is 0.238. The second-order valence-corrected chi connectivity index (χ2v) is 8.37. The minimum Gasteiger partial charge on any atom is -0.496 e. The van der Waals surface area contributed by atoms with Crippen LogP contribution in [0, 0.1) is 0 Å². The van der Waals surface area contributed by atoms with Crippen molar-refractivity contribution in [2.75, 3.05) is 26.1 Å². The van der Waals surface area contributed by atoms with Crippen LogP contribution in [0.2, 0.25) is 5.02 Å². The summed E-state index contributed by atoms with van der Waals surface area (Å²) in [5.74, 6) is 0.301. The molecule has 2 N–H and O–H groups in total. The Morgan fingerprint density at radius 2 is 1.59 bits per heavy atom. The third-order valence-electron chi connectivity index (χ3n) is 3.86. The van der Waals surface area contributed by atoms with E-state index < -0.39 is 15.9 Å². The maximum absolute atomic E-state index is 12.9. The molecule has 0 aliphatic carbocycles. The number of benzene rings is 2. The number of halogens is 1. The lowest BCUT2D eigenvalue weighted by Gasteiger charge is -2.16. The third kappa shape index (κ3) is 5.24. The lowest BCUT2D eigenvalue weighted by atomic mass is 10.2. The summed E-state index contributed by atoms with van der Waals surface area (Å²) < 4.78 is 43.8. The van der Waals surface area contributed by atoms with Crippen LogP contribution in [-0.4, -0.2) is 41.7 Å². The highest BCUT2D eigenvalue weighted by Gasteiger charge is 2.22. The molecule has 2 aromatic rings. The van der Waals surface area contributed by atoms with E-state index in [1.165, 1.54) is 51.7 Å². The van der Waals surface area contributed by atoms with Crippen molar-refractivity contribution in [2.45, 2.75) is 24.8 Å². The van der Waals surface area contributed by atoms with E-state index in [-0.39, 0.29) is 44.5 Å². The van der Waals surface area contributed by atoms with Gasteiger partial charge in [-0.1, -0.05) is 11.6 Å². The Bertz CT molecular complexity index is 1010. The van der Waals surface area contributed by atoms with Crippen molar-refractivity contribution in [3.63, 3.8) is 0 Å². The minimum atomic E-state index is -4.06. The van der Waals surface area contributed by atoms with Gasteiger partial charge in [0.05, 0.1) is 42.5 Å². The van der Waals surface area contributed by atoms with E-state index in [9.17, 15) is 13.2 Å². The van der Waals surface area contributed by atoms with Gasteiger partial charge in [0.25, 0.3) is 15.9 Å². The van der Waals surface area contributed by atoms with Gasteiger partial charge in [-0.05, 0) is 32.0 Å². The predicted octanol–water partition coefficient (Wildman–Crippen LogP) is 3.30. The van der Waals surface area contributed by atoms with Crippen LogP contribution in [0.15, 0.2) is 35.2 Å². The SMILES string of the molecule is COc1cc(NS(=O)(=O)c2ccc(OC)c(C(=O)NC(C)C)c2)c(OC)cc1Cl. The zero-order valence-electron chi connectivity index (χ0n) is 16.7. The number of carbonyl (C=O) groups excluding carboxylic acids is 1. The van der Waals surface area contributed by atoms with Gasteiger partial charge in [0.1, 0.15) is 17.2 Å². The average molecular weight is 443 g/mol. The zero-order chi connectivity index (χ0) is 21.8. The highest BCUT2D eigenvalue weighted by Crippen LogP contribution is 2.37. The fourth-order valence-electron chi connectivity index (χ4n) is 2.52. The van der Waals surface area contributed by atoms with E-state index in [4.69, 9.17) is 25.8 Å². The van der Waals surface area contributed by atoms with Crippen molar-refractivity contribution in [3.8, 4) is 17.2 Å². The summed E-state index contributed by atoms with van der Waals surface area (Å²) in [5, 5.41) is 2.98. The fraction of sp³-hybridized carbons (Fsp3) is 0.316. The van der Waals surface area contributed by atoms with Gasteiger partial charge in [0.15, 0.2) is 0 Å². The first-order chi connectivity index (χ1) is 13.6. The number of anilines is 1. The lowest BCUT2D eigenvalue weighted by molar-refractivity contribution is 0.0940. The highest BCUT2D eigenvalue weighted by atomic mass is 35.5. The van der Waals surface area contributed by atoms with E-state index in [2.05, 4.69) is 10.0 Å². The molecule has 29 heavy (non-hydrogen) atoms. The summed E-state index contributed by atoms with van der Waals surface area (Å²) in [6.07, 6.45) is 0. The first-order valence-electron chi connectivity index (χ1n) is 8.56. The third-order valence-corrected chi connectivity index (χ3v) is 5.52. The Hall–Kier alpha value is -2.65. The number of nitrogens with one attached hydrogen (secondary N) is 2. The van der Waals surface area contributed by atoms with Crippen LogP contribution in [0.1, 0.15) is 24.2 Å². The molecule has 0 aliphatic heterocycles. The van der Waals surface area contributed by atoms with Crippen molar-refractivity contribution < 1.29 is 27.4 Å². The Balaban J connectivity index is 2.48. The fourth-order valence-corrected chi connectivity index (χ4v) is 3.83. The molecule has 10 heteroatoms. The standard InChI is InChI=1S/C19H23ClN2O6S/c1-11(2)21-19(23)13-8-12(6-7-16(13)26-3)29(24,25)22-15-10-17(27-4)14(20)9-18(15)28-5/h6-11,22H,1-5H3,(H,21,23). The molecule has 8 nitrogen and oxygen atoms in total. The minimum absolute atomic E-state index is 0.102. The number of hydrogen-bond acceptors (Lipinski definition) is 6. The second-order valence-electron chi connectivity index (χ2n) is 6.28. The summed E-state index contributed by atoms with van der Waals surface area (Å²) in [6.45, 7) is 3.60. The average Bonchev–Trinajstić information content (AvgIpc) is 2.67. The van der Waals surface area contributed by atoms with E-state index >= 15 is 0 Å². The molecule has 0 heterocycles. The number of ether oxygens (including phenoxy) is 3. The largest absolute Gasteiger partial charge is 0.496 e. The molecule has 2 aromatic carbocycles. The molecule has 158 valence electrons. The number of rotatable bonds is 8. The Morgan fingerprint density at radius 3 is 2.14 bits per heavy atom. The quantitative estimate of drug-likeness (QED) is 0.650. The van der Waals surface area contributed by atoms with Crippen molar-refractivity contribution >= 4 is 33.2 Å². The summed E-state index contributed by atoms with van der Waals surface area (Å²) in [6, 6.07) is 6.73. The number of amides is 1. The summed E-state index contributed by atoms with van der Waals surface area (Å²) in [7, 11) is 0.142. The molecule has 0 radical (unpaired) electrons. The molecular weight excluding hydrogens is 420 g/mol. The van der Waals surface area contributed by atoms with Gasteiger partial charge in [-0.3, -0.25) is 9.52 Å². The molecule has 0 fully saturated rings. The molecular formula is C19H23ClN2O6S. The van der Waals surface area contributed by atoms with E-state index in [0.717, 1.165) is 0 Å². The van der Waals surface area contributed by atoms with Gasteiger partial charge in [0.2, 0.25) is 0 Å². The number of carbonyl (C=O) groups is 1. The molecule has 0 bridgehead atoms. The lowest BCUT2D eigenvalue weighted by Crippen LogP contribution is -2.30. The van der Waals surface area contributed by atoms with Crippen LogP contribution in [0.5, 0.6) is 17.2 Å². The van der Waals surface area contributed by atoms with Gasteiger partial charge >= 0.3 is 0 Å². The molecule has 2 rings (SSSR count). The van der Waals surface area contributed by atoms with Crippen LogP contribution in [0.25, 0.3) is 0 Å². The van der Waals surface area contributed by atoms with Crippen LogP contribution in [0.4, 0.5) is 5.69 Å².